The standard InChI is InChI=1S/C41H23FN6/c42-36-14-8-7-13-31(36)35-23-30(48-37-21-26(24-43)15-18-32(37)33-19-16-27(25-44)22-38(33)48)17-20-34(35)41-46-39(28-9-3-1-4-10-28)45-40(47-41)29-11-5-2-6-12-29/h1-23H. The van der Waals surface area contributed by atoms with E-state index in [0.29, 0.717) is 45.3 Å². The van der Waals surface area contributed by atoms with Gasteiger partial charge in [-0.1, -0.05) is 91.0 Å². The smallest absolute Gasteiger partial charge is 0.164 e. The van der Waals surface area contributed by atoms with Crippen LogP contribution in [0.25, 0.3) is 72.8 Å². The molecule has 0 N–H and O–H groups in total. The Hall–Kier alpha value is -6.96. The fraction of sp³-hybridized carbons (Fsp3) is 0. The predicted molar refractivity (Wildman–Crippen MR) is 185 cm³/mol. The monoisotopic (exact) mass is 618 g/mol. The van der Waals surface area contributed by atoms with Crippen LogP contribution in [0.2, 0.25) is 0 Å². The van der Waals surface area contributed by atoms with E-state index in [2.05, 4.69) is 12.1 Å². The summed E-state index contributed by atoms with van der Waals surface area (Å²) < 4.78 is 17.7. The third-order valence-electron chi connectivity index (χ3n) is 8.39. The van der Waals surface area contributed by atoms with Crippen LogP contribution in [0.15, 0.2) is 140 Å². The number of fused-ring (bicyclic) bond motifs is 3. The number of nitriles is 2. The topological polar surface area (TPSA) is 91.2 Å². The minimum absolute atomic E-state index is 0.383. The number of aromatic nitrogens is 4. The van der Waals surface area contributed by atoms with Gasteiger partial charge in [-0.25, -0.2) is 19.3 Å². The largest absolute Gasteiger partial charge is 0.309 e. The van der Waals surface area contributed by atoms with E-state index in [1.54, 1.807) is 30.3 Å². The third kappa shape index (κ3) is 4.93. The van der Waals surface area contributed by atoms with Crippen molar-refractivity contribution in [3.8, 4) is 63.1 Å². The van der Waals surface area contributed by atoms with Gasteiger partial charge >= 0.3 is 0 Å². The Balaban J connectivity index is 1.43. The second-order valence-electron chi connectivity index (χ2n) is 11.3. The molecule has 0 spiro atoms. The van der Waals surface area contributed by atoms with Crippen molar-refractivity contribution < 1.29 is 4.39 Å². The van der Waals surface area contributed by atoms with Crippen LogP contribution in [0, 0.1) is 28.5 Å². The van der Waals surface area contributed by atoms with Crippen molar-refractivity contribution >= 4 is 21.8 Å². The highest BCUT2D eigenvalue weighted by molar-refractivity contribution is 6.10. The molecule has 2 aromatic heterocycles. The molecule has 8 rings (SSSR count). The number of halogens is 1. The van der Waals surface area contributed by atoms with Gasteiger partial charge in [0.25, 0.3) is 0 Å². The summed E-state index contributed by atoms with van der Waals surface area (Å²) >= 11 is 0. The lowest BCUT2D eigenvalue weighted by molar-refractivity contribution is 0.631. The zero-order valence-electron chi connectivity index (χ0n) is 25.3. The first kappa shape index (κ1) is 28.5. The Morgan fingerprint density at radius 3 is 1.54 bits per heavy atom. The Morgan fingerprint density at radius 2 is 1.00 bits per heavy atom. The van der Waals surface area contributed by atoms with Crippen molar-refractivity contribution in [3.63, 3.8) is 0 Å². The van der Waals surface area contributed by atoms with Gasteiger partial charge in [0.1, 0.15) is 5.82 Å². The molecule has 0 bridgehead atoms. The Kier molecular flexibility index (Phi) is 6.98. The number of nitrogens with zero attached hydrogens (tertiary/aromatic N) is 6. The highest BCUT2D eigenvalue weighted by Gasteiger charge is 2.20. The summed E-state index contributed by atoms with van der Waals surface area (Å²) in [7, 11) is 0. The SMILES string of the molecule is N#Cc1ccc2c3ccc(C#N)cc3n(-c3ccc(-c4nc(-c5ccccc5)nc(-c5ccccc5)n4)c(-c4ccccc4F)c3)c2c1. The van der Waals surface area contributed by atoms with E-state index in [0.717, 1.165) is 38.6 Å². The summed E-state index contributed by atoms with van der Waals surface area (Å²) in [5, 5.41) is 21.4. The summed E-state index contributed by atoms with van der Waals surface area (Å²) in [6.45, 7) is 0. The van der Waals surface area contributed by atoms with Crippen LogP contribution in [-0.4, -0.2) is 19.5 Å². The van der Waals surface area contributed by atoms with E-state index >= 15 is 4.39 Å². The average Bonchev–Trinajstić information content (AvgIpc) is 3.48. The summed E-state index contributed by atoms with van der Waals surface area (Å²) in [6.07, 6.45) is 0. The van der Waals surface area contributed by atoms with Crippen LogP contribution >= 0.6 is 0 Å². The molecule has 224 valence electrons. The van der Waals surface area contributed by atoms with Crippen LogP contribution in [0.4, 0.5) is 4.39 Å². The minimum Gasteiger partial charge on any atom is -0.309 e. The van der Waals surface area contributed by atoms with E-state index in [9.17, 15) is 10.5 Å². The quantitative estimate of drug-likeness (QED) is 0.192. The lowest BCUT2D eigenvalue weighted by atomic mass is 9.97. The van der Waals surface area contributed by atoms with Crippen LogP contribution in [-0.2, 0) is 0 Å². The maximum Gasteiger partial charge on any atom is 0.164 e. The molecule has 0 fully saturated rings. The van der Waals surface area contributed by atoms with E-state index < -0.39 is 5.82 Å². The summed E-state index contributed by atoms with van der Waals surface area (Å²) in [6, 6.07) is 47.3. The molecular formula is C41H23FN6. The maximum atomic E-state index is 15.7. The van der Waals surface area contributed by atoms with Crippen LogP contribution in [0.3, 0.4) is 0 Å². The molecule has 0 saturated heterocycles. The van der Waals surface area contributed by atoms with Gasteiger partial charge in [0.15, 0.2) is 17.5 Å². The van der Waals surface area contributed by atoms with Gasteiger partial charge in [-0.05, 0) is 54.1 Å². The molecule has 0 aliphatic heterocycles. The molecule has 48 heavy (non-hydrogen) atoms. The highest BCUT2D eigenvalue weighted by Crippen LogP contribution is 2.39. The molecule has 8 aromatic rings. The fourth-order valence-corrected chi connectivity index (χ4v) is 6.13. The van der Waals surface area contributed by atoms with Crippen molar-refractivity contribution in [1.82, 2.24) is 19.5 Å². The number of rotatable bonds is 5. The molecule has 6 aromatic carbocycles. The minimum atomic E-state index is -0.391. The molecule has 2 heterocycles. The zero-order valence-corrected chi connectivity index (χ0v) is 25.3. The van der Waals surface area contributed by atoms with Gasteiger partial charge in [-0.15, -0.1) is 0 Å². The second-order valence-corrected chi connectivity index (χ2v) is 11.3. The van der Waals surface area contributed by atoms with Crippen molar-refractivity contribution in [1.29, 1.82) is 10.5 Å². The highest BCUT2D eigenvalue weighted by atomic mass is 19.1. The normalized spacial score (nSPS) is 11.0. The first-order valence-electron chi connectivity index (χ1n) is 15.3. The summed E-state index contributed by atoms with van der Waals surface area (Å²) in [5.41, 5.74) is 6.57. The lowest BCUT2D eigenvalue weighted by Gasteiger charge is -2.16. The van der Waals surface area contributed by atoms with E-state index in [1.807, 2.05) is 108 Å². The van der Waals surface area contributed by atoms with E-state index in [1.165, 1.54) is 6.07 Å². The second kappa shape index (κ2) is 11.8. The molecule has 0 aliphatic rings. The first-order chi connectivity index (χ1) is 23.6. The molecule has 7 heteroatoms. The van der Waals surface area contributed by atoms with Crippen molar-refractivity contribution in [2.24, 2.45) is 0 Å². The predicted octanol–water partition coefficient (Wildman–Crippen LogP) is 9.52. The molecule has 6 nitrogen and oxygen atoms in total. The van der Waals surface area contributed by atoms with Gasteiger partial charge in [-0.3, -0.25) is 0 Å². The Labute approximate surface area is 275 Å². The van der Waals surface area contributed by atoms with Gasteiger partial charge in [0.05, 0.1) is 34.3 Å². The van der Waals surface area contributed by atoms with Crippen LogP contribution in [0.1, 0.15) is 11.1 Å². The fourth-order valence-electron chi connectivity index (χ4n) is 6.13. The van der Waals surface area contributed by atoms with Gasteiger partial charge in [-0.2, -0.15) is 10.5 Å². The van der Waals surface area contributed by atoms with E-state index in [4.69, 9.17) is 15.0 Å². The number of hydrogen-bond donors (Lipinski definition) is 0. The molecular weight excluding hydrogens is 595 g/mol. The van der Waals surface area contributed by atoms with Crippen molar-refractivity contribution in [2.45, 2.75) is 0 Å². The third-order valence-corrected chi connectivity index (χ3v) is 8.39. The first-order valence-corrected chi connectivity index (χ1v) is 15.3. The van der Waals surface area contributed by atoms with Gasteiger partial charge < -0.3 is 4.57 Å². The number of hydrogen-bond acceptors (Lipinski definition) is 5. The maximum absolute atomic E-state index is 15.7. The molecule has 0 radical (unpaired) electrons. The molecule has 0 aliphatic carbocycles. The Bertz CT molecular complexity index is 2470. The van der Waals surface area contributed by atoms with E-state index in [-0.39, 0.29) is 0 Å². The average molecular weight is 619 g/mol. The molecule has 0 unspecified atom stereocenters. The molecule has 0 amide bonds. The number of benzene rings is 6. The molecule has 0 atom stereocenters. The molecule has 0 saturated carbocycles. The van der Waals surface area contributed by atoms with Crippen LogP contribution < -0.4 is 0 Å². The van der Waals surface area contributed by atoms with Crippen molar-refractivity contribution in [3.05, 3.63) is 156 Å². The van der Waals surface area contributed by atoms with Gasteiger partial charge in [0, 0.05) is 38.7 Å². The summed E-state index contributed by atoms with van der Waals surface area (Å²) in [5.74, 6) is 1.00. The van der Waals surface area contributed by atoms with Gasteiger partial charge in [0.2, 0.25) is 0 Å². The Morgan fingerprint density at radius 1 is 0.479 bits per heavy atom. The zero-order chi connectivity index (χ0) is 32.6. The van der Waals surface area contributed by atoms with Crippen LogP contribution in [0.5, 0.6) is 0 Å². The van der Waals surface area contributed by atoms with Crippen molar-refractivity contribution in [2.75, 3.05) is 0 Å². The summed E-state index contributed by atoms with van der Waals surface area (Å²) in [4.78, 5) is 14.7. The lowest BCUT2D eigenvalue weighted by Crippen LogP contribution is -2.02.